The van der Waals surface area contributed by atoms with E-state index in [0.29, 0.717) is 18.8 Å². The van der Waals surface area contributed by atoms with Gasteiger partial charge in [0.2, 0.25) is 5.91 Å². The van der Waals surface area contributed by atoms with E-state index in [1.807, 2.05) is 27.7 Å². The summed E-state index contributed by atoms with van der Waals surface area (Å²) in [5, 5.41) is 11.9. The molecule has 1 aliphatic carbocycles. The van der Waals surface area contributed by atoms with E-state index in [1.165, 1.54) is 0 Å². The molecule has 16 heavy (non-hydrogen) atoms. The summed E-state index contributed by atoms with van der Waals surface area (Å²) in [7, 11) is 0. The first-order chi connectivity index (χ1) is 7.20. The summed E-state index contributed by atoms with van der Waals surface area (Å²) < 4.78 is 0. The van der Waals surface area contributed by atoms with Crippen LogP contribution in [-0.2, 0) is 9.59 Å². The molecule has 92 valence electrons. The first-order valence-corrected chi connectivity index (χ1v) is 5.75. The molecule has 0 aromatic carbocycles. The second kappa shape index (κ2) is 4.44. The molecule has 1 unspecified atom stereocenters. The van der Waals surface area contributed by atoms with Gasteiger partial charge in [-0.15, -0.1) is 0 Å². The molecule has 1 fully saturated rings. The van der Waals surface area contributed by atoms with E-state index in [9.17, 15) is 9.59 Å². The highest BCUT2D eigenvalue weighted by molar-refractivity contribution is 5.85. The molecule has 0 spiro atoms. The molecule has 0 bridgehead atoms. The Labute approximate surface area is 96.4 Å². The molecule has 0 heterocycles. The van der Waals surface area contributed by atoms with Crippen molar-refractivity contribution in [3.8, 4) is 0 Å². The summed E-state index contributed by atoms with van der Waals surface area (Å²) in [4.78, 5) is 23.0. The van der Waals surface area contributed by atoms with Crippen molar-refractivity contribution in [2.45, 2.75) is 46.1 Å². The number of carboxylic acids is 1. The number of hydrogen-bond acceptors (Lipinski definition) is 2. The van der Waals surface area contributed by atoms with Crippen molar-refractivity contribution in [3.63, 3.8) is 0 Å². The molecule has 1 amide bonds. The molecule has 0 aromatic rings. The minimum atomic E-state index is -0.849. The molecule has 0 saturated heterocycles. The van der Waals surface area contributed by atoms with Crippen molar-refractivity contribution in [1.29, 1.82) is 0 Å². The van der Waals surface area contributed by atoms with Crippen LogP contribution >= 0.6 is 0 Å². The molecule has 0 aromatic heterocycles. The predicted molar refractivity (Wildman–Crippen MR) is 60.9 cm³/mol. The molecule has 3 atom stereocenters. The highest BCUT2D eigenvalue weighted by Gasteiger charge is 2.41. The summed E-state index contributed by atoms with van der Waals surface area (Å²) in [5.41, 5.74) is -0.300. The fourth-order valence-corrected chi connectivity index (χ4v) is 2.32. The molecular formula is C12H21NO3. The van der Waals surface area contributed by atoms with Crippen LogP contribution in [0, 0.1) is 17.8 Å². The molecule has 2 N–H and O–H groups in total. The van der Waals surface area contributed by atoms with Crippen LogP contribution in [0.25, 0.3) is 0 Å². The van der Waals surface area contributed by atoms with Crippen LogP contribution in [-0.4, -0.2) is 22.5 Å². The van der Waals surface area contributed by atoms with Crippen molar-refractivity contribution in [2.75, 3.05) is 0 Å². The van der Waals surface area contributed by atoms with Gasteiger partial charge in [-0.25, -0.2) is 0 Å². The van der Waals surface area contributed by atoms with Gasteiger partial charge in [0, 0.05) is 5.54 Å². The first-order valence-electron chi connectivity index (χ1n) is 5.75. The number of nitrogens with one attached hydrogen (secondary N) is 1. The van der Waals surface area contributed by atoms with Crippen molar-refractivity contribution >= 4 is 11.9 Å². The van der Waals surface area contributed by atoms with Crippen LogP contribution < -0.4 is 5.32 Å². The van der Waals surface area contributed by atoms with E-state index in [-0.39, 0.29) is 17.4 Å². The number of carboxylic acid groups (broad SMARTS) is 1. The first kappa shape index (κ1) is 13.0. The zero-order valence-corrected chi connectivity index (χ0v) is 10.4. The van der Waals surface area contributed by atoms with Gasteiger partial charge in [0.15, 0.2) is 0 Å². The van der Waals surface area contributed by atoms with Crippen molar-refractivity contribution in [1.82, 2.24) is 5.32 Å². The largest absolute Gasteiger partial charge is 0.481 e. The second-order valence-electron chi connectivity index (χ2n) is 5.87. The van der Waals surface area contributed by atoms with Crippen LogP contribution in [0.4, 0.5) is 0 Å². The highest BCUT2D eigenvalue weighted by Crippen LogP contribution is 2.36. The molecule has 0 aliphatic heterocycles. The number of amides is 1. The van der Waals surface area contributed by atoms with Crippen molar-refractivity contribution in [2.24, 2.45) is 17.8 Å². The minimum Gasteiger partial charge on any atom is -0.481 e. The zero-order chi connectivity index (χ0) is 12.5. The molecular weight excluding hydrogens is 206 g/mol. The SMILES string of the molecule is CC1C[C@H](C(=O)NC(C)(C)C)[C@H](C(=O)O)C1. The van der Waals surface area contributed by atoms with Gasteiger partial charge in [-0.05, 0) is 39.5 Å². The summed E-state index contributed by atoms with van der Waals surface area (Å²) >= 11 is 0. The lowest BCUT2D eigenvalue weighted by Crippen LogP contribution is -2.45. The molecule has 4 nitrogen and oxygen atoms in total. The topological polar surface area (TPSA) is 66.4 Å². The van der Waals surface area contributed by atoms with Crippen LogP contribution in [0.3, 0.4) is 0 Å². The van der Waals surface area contributed by atoms with E-state index in [4.69, 9.17) is 5.11 Å². The standard InChI is InChI=1S/C12H21NO3/c1-7-5-8(9(6-7)11(15)16)10(14)13-12(2,3)4/h7-9H,5-6H2,1-4H3,(H,13,14)(H,15,16)/t7?,8-,9+/m0/s1. The lowest BCUT2D eigenvalue weighted by molar-refractivity contribution is -0.146. The summed E-state index contributed by atoms with van der Waals surface area (Å²) in [6.07, 6.45) is 1.29. The monoisotopic (exact) mass is 227 g/mol. The van der Waals surface area contributed by atoms with E-state index < -0.39 is 11.9 Å². The second-order valence-corrected chi connectivity index (χ2v) is 5.87. The van der Waals surface area contributed by atoms with Gasteiger partial charge < -0.3 is 10.4 Å². The maximum atomic E-state index is 11.9. The Morgan fingerprint density at radius 2 is 1.69 bits per heavy atom. The van der Waals surface area contributed by atoms with Crippen molar-refractivity contribution < 1.29 is 14.7 Å². The summed E-state index contributed by atoms with van der Waals surface area (Å²) in [6.45, 7) is 7.71. The quantitative estimate of drug-likeness (QED) is 0.753. The number of carbonyl (C=O) groups is 2. The van der Waals surface area contributed by atoms with Crippen molar-refractivity contribution in [3.05, 3.63) is 0 Å². The van der Waals surface area contributed by atoms with Gasteiger partial charge in [-0.1, -0.05) is 6.92 Å². The summed E-state index contributed by atoms with van der Waals surface area (Å²) in [6, 6.07) is 0. The van der Waals surface area contributed by atoms with Crippen LogP contribution in [0.15, 0.2) is 0 Å². The average Bonchev–Trinajstić information content (AvgIpc) is 2.44. The van der Waals surface area contributed by atoms with E-state index in [2.05, 4.69) is 5.32 Å². The smallest absolute Gasteiger partial charge is 0.307 e. The van der Waals surface area contributed by atoms with Crippen LogP contribution in [0.1, 0.15) is 40.5 Å². The Kier molecular flexibility index (Phi) is 3.61. The van der Waals surface area contributed by atoms with Gasteiger partial charge in [-0.2, -0.15) is 0 Å². The Hall–Kier alpha value is -1.06. The van der Waals surface area contributed by atoms with Gasteiger partial charge >= 0.3 is 5.97 Å². The number of hydrogen-bond donors (Lipinski definition) is 2. The van der Waals surface area contributed by atoms with Gasteiger partial charge in [0.05, 0.1) is 11.8 Å². The fraction of sp³-hybridized carbons (Fsp3) is 0.833. The Balaban J connectivity index is 2.71. The number of rotatable bonds is 2. The van der Waals surface area contributed by atoms with E-state index >= 15 is 0 Å². The molecule has 4 heteroatoms. The third-order valence-corrected chi connectivity index (χ3v) is 2.95. The number of aliphatic carboxylic acids is 1. The number of carbonyl (C=O) groups excluding carboxylic acids is 1. The normalized spacial score (nSPS) is 30.1. The zero-order valence-electron chi connectivity index (χ0n) is 10.4. The fourth-order valence-electron chi connectivity index (χ4n) is 2.32. The van der Waals surface area contributed by atoms with Crippen LogP contribution in [0.5, 0.6) is 0 Å². The third-order valence-electron chi connectivity index (χ3n) is 2.95. The minimum absolute atomic E-state index is 0.121. The van der Waals surface area contributed by atoms with Gasteiger partial charge in [0.25, 0.3) is 0 Å². The lowest BCUT2D eigenvalue weighted by atomic mass is 9.94. The maximum absolute atomic E-state index is 11.9. The van der Waals surface area contributed by atoms with Gasteiger partial charge in [0.1, 0.15) is 0 Å². The predicted octanol–water partition coefficient (Wildman–Crippen LogP) is 1.65. The van der Waals surface area contributed by atoms with Crippen LogP contribution in [0.2, 0.25) is 0 Å². The summed E-state index contributed by atoms with van der Waals surface area (Å²) in [5.74, 6) is -1.54. The molecule has 1 rings (SSSR count). The Morgan fingerprint density at radius 3 is 2.12 bits per heavy atom. The van der Waals surface area contributed by atoms with E-state index in [0.717, 1.165) is 0 Å². The van der Waals surface area contributed by atoms with E-state index in [1.54, 1.807) is 0 Å². The highest BCUT2D eigenvalue weighted by atomic mass is 16.4. The molecule has 0 radical (unpaired) electrons. The molecule has 1 saturated carbocycles. The average molecular weight is 227 g/mol. The maximum Gasteiger partial charge on any atom is 0.307 e. The molecule has 1 aliphatic rings. The third kappa shape index (κ3) is 3.22. The Bertz CT molecular complexity index is 293. The lowest BCUT2D eigenvalue weighted by Gasteiger charge is -2.24. The Morgan fingerprint density at radius 1 is 1.19 bits per heavy atom. The van der Waals surface area contributed by atoms with Gasteiger partial charge in [-0.3, -0.25) is 9.59 Å².